The molecule has 0 radical (unpaired) electrons. The fourth-order valence-electron chi connectivity index (χ4n) is 4.43. The molecule has 3 heterocycles. The van der Waals surface area contributed by atoms with Crippen LogP contribution >= 0.6 is 0 Å². The molecule has 1 aromatic carbocycles. The molecule has 2 saturated heterocycles. The Balaban J connectivity index is 1.31. The third kappa shape index (κ3) is 5.73. The molecule has 1 aromatic heterocycles. The van der Waals surface area contributed by atoms with Crippen molar-refractivity contribution in [2.75, 3.05) is 32.1 Å². The molecule has 1 atom stereocenters. The van der Waals surface area contributed by atoms with Crippen molar-refractivity contribution >= 4 is 11.7 Å². The molecular formula is C24H32N4O3. The van der Waals surface area contributed by atoms with Crippen molar-refractivity contribution in [2.24, 2.45) is 5.92 Å². The molecule has 7 nitrogen and oxygen atoms in total. The van der Waals surface area contributed by atoms with Crippen LogP contribution in [0.5, 0.6) is 5.75 Å². The zero-order valence-corrected chi connectivity index (χ0v) is 18.5. The predicted molar refractivity (Wildman–Crippen MR) is 119 cm³/mol. The maximum atomic E-state index is 12.5. The standard InChI is InChI=1S/C24H32N4O3/c1-17-26-20(15-23(27-17)25-16-19-5-3-6-21(14-19)30-2)13-18-8-10-28(11-9-18)24(29)22-7-4-12-31-22/h3,5-6,14-15,18,22H,4,7-13,16H2,1-2H3,(H,25,26,27)/t22-/m0/s1. The first-order valence-electron chi connectivity index (χ1n) is 11.2. The number of hydrogen-bond acceptors (Lipinski definition) is 6. The summed E-state index contributed by atoms with van der Waals surface area (Å²) in [5, 5.41) is 3.41. The van der Waals surface area contributed by atoms with Crippen molar-refractivity contribution in [1.82, 2.24) is 14.9 Å². The molecule has 1 N–H and O–H groups in total. The Kier molecular flexibility index (Phi) is 7.02. The van der Waals surface area contributed by atoms with Crippen LogP contribution in [0.3, 0.4) is 0 Å². The fraction of sp³-hybridized carbons (Fsp3) is 0.542. The Morgan fingerprint density at radius 1 is 1.23 bits per heavy atom. The van der Waals surface area contributed by atoms with Crippen LogP contribution in [0.25, 0.3) is 0 Å². The normalized spacial score (nSPS) is 19.4. The van der Waals surface area contributed by atoms with Gasteiger partial charge in [0.2, 0.25) is 0 Å². The van der Waals surface area contributed by atoms with Crippen molar-refractivity contribution in [3.05, 3.63) is 47.4 Å². The van der Waals surface area contributed by atoms with E-state index in [2.05, 4.69) is 27.4 Å². The number of methoxy groups -OCH3 is 1. The van der Waals surface area contributed by atoms with Crippen LogP contribution < -0.4 is 10.1 Å². The number of aromatic nitrogens is 2. The van der Waals surface area contributed by atoms with Gasteiger partial charge < -0.3 is 19.7 Å². The van der Waals surface area contributed by atoms with Crippen molar-refractivity contribution in [1.29, 1.82) is 0 Å². The number of carbonyl (C=O) groups excluding carboxylic acids is 1. The van der Waals surface area contributed by atoms with E-state index < -0.39 is 0 Å². The average Bonchev–Trinajstić information content (AvgIpc) is 3.32. The van der Waals surface area contributed by atoms with Crippen LogP contribution in [0.1, 0.15) is 42.8 Å². The zero-order valence-electron chi connectivity index (χ0n) is 18.5. The number of hydrogen-bond donors (Lipinski definition) is 1. The van der Waals surface area contributed by atoms with Gasteiger partial charge in [-0.1, -0.05) is 12.1 Å². The molecule has 2 aromatic rings. The van der Waals surface area contributed by atoms with Crippen LogP contribution in [0.4, 0.5) is 5.82 Å². The second-order valence-electron chi connectivity index (χ2n) is 8.47. The van der Waals surface area contributed by atoms with Gasteiger partial charge in [0, 0.05) is 38.0 Å². The number of amides is 1. The van der Waals surface area contributed by atoms with Gasteiger partial charge in [0.05, 0.1) is 7.11 Å². The Hall–Kier alpha value is -2.67. The van der Waals surface area contributed by atoms with Crippen molar-refractivity contribution in [3.8, 4) is 5.75 Å². The van der Waals surface area contributed by atoms with Gasteiger partial charge in [-0.05, 0) is 62.6 Å². The van der Waals surface area contributed by atoms with Crippen LogP contribution in [-0.2, 0) is 22.5 Å². The highest BCUT2D eigenvalue weighted by Crippen LogP contribution is 2.24. The number of nitrogens with zero attached hydrogens (tertiary/aromatic N) is 3. The molecule has 4 rings (SSSR count). The number of nitrogens with one attached hydrogen (secondary N) is 1. The summed E-state index contributed by atoms with van der Waals surface area (Å²) in [6.07, 6.45) is 4.58. The molecule has 0 saturated carbocycles. The molecule has 31 heavy (non-hydrogen) atoms. The third-order valence-corrected chi connectivity index (χ3v) is 6.13. The molecule has 1 amide bonds. The highest BCUT2D eigenvalue weighted by atomic mass is 16.5. The third-order valence-electron chi connectivity index (χ3n) is 6.13. The summed E-state index contributed by atoms with van der Waals surface area (Å²) in [6.45, 7) is 4.96. The Bertz CT molecular complexity index is 890. The van der Waals surface area contributed by atoms with Crippen molar-refractivity contribution in [3.63, 3.8) is 0 Å². The van der Waals surface area contributed by atoms with E-state index in [4.69, 9.17) is 9.47 Å². The Labute approximate surface area is 184 Å². The highest BCUT2D eigenvalue weighted by molar-refractivity contribution is 5.81. The molecular weight excluding hydrogens is 392 g/mol. The van der Waals surface area contributed by atoms with Gasteiger partial charge in [0.1, 0.15) is 23.5 Å². The van der Waals surface area contributed by atoms with E-state index in [0.29, 0.717) is 19.1 Å². The lowest BCUT2D eigenvalue weighted by atomic mass is 9.91. The SMILES string of the molecule is COc1cccc(CNc2cc(CC3CCN(C(=O)[C@@H]4CCCO4)CC3)nc(C)n2)c1. The number of piperidine rings is 1. The predicted octanol–water partition coefficient (Wildman–Crippen LogP) is 3.37. The summed E-state index contributed by atoms with van der Waals surface area (Å²) in [6, 6.07) is 10.1. The Morgan fingerprint density at radius 2 is 2.06 bits per heavy atom. The van der Waals surface area contributed by atoms with E-state index in [1.807, 2.05) is 30.0 Å². The smallest absolute Gasteiger partial charge is 0.251 e. The van der Waals surface area contributed by atoms with Gasteiger partial charge in [0.15, 0.2) is 0 Å². The summed E-state index contributed by atoms with van der Waals surface area (Å²) in [5.74, 6) is 3.18. The highest BCUT2D eigenvalue weighted by Gasteiger charge is 2.31. The lowest BCUT2D eigenvalue weighted by Crippen LogP contribution is -2.44. The minimum absolute atomic E-state index is 0.179. The van der Waals surface area contributed by atoms with Gasteiger partial charge in [0.25, 0.3) is 5.91 Å². The second-order valence-corrected chi connectivity index (χ2v) is 8.47. The average molecular weight is 425 g/mol. The van der Waals surface area contributed by atoms with Gasteiger partial charge >= 0.3 is 0 Å². The molecule has 0 spiro atoms. The summed E-state index contributed by atoms with van der Waals surface area (Å²) in [7, 11) is 1.68. The first-order chi connectivity index (χ1) is 15.1. The number of benzene rings is 1. The molecule has 7 heteroatoms. The van der Waals surface area contributed by atoms with Gasteiger partial charge in [-0.3, -0.25) is 4.79 Å². The topological polar surface area (TPSA) is 76.6 Å². The molecule has 2 aliphatic heterocycles. The molecule has 0 aliphatic carbocycles. The number of rotatable bonds is 7. The second kappa shape index (κ2) is 10.1. The maximum absolute atomic E-state index is 12.5. The van der Waals surface area contributed by atoms with Crippen LogP contribution in [-0.4, -0.2) is 53.7 Å². The molecule has 0 bridgehead atoms. The molecule has 0 unspecified atom stereocenters. The fourth-order valence-corrected chi connectivity index (χ4v) is 4.43. The number of carbonyl (C=O) groups is 1. The van der Waals surface area contributed by atoms with Crippen LogP contribution in [0.2, 0.25) is 0 Å². The van der Waals surface area contributed by atoms with Crippen molar-refractivity contribution in [2.45, 2.75) is 51.7 Å². The number of anilines is 1. The maximum Gasteiger partial charge on any atom is 0.251 e. The molecule has 2 fully saturated rings. The summed E-state index contributed by atoms with van der Waals surface area (Å²) in [4.78, 5) is 23.7. The van der Waals surface area contributed by atoms with E-state index in [9.17, 15) is 4.79 Å². The zero-order chi connectivity index (χ0) is 21.6. The first-order valence-corrected chi connectivity index (χ1v) is 11.2. The lowest BCUT2D eigenvalue weighted by Gasteiger charge is -2.33. The van der Waals surface area contributed by atoms with E-state index >= 15 is 0 Å². The summed E-state index contributed by atoms with van der Waals surface area (Å²) in [5.41, 5.74) is 2.20. The van der Waals surface area contributed by atoms with Gasteiger partial charge in [-0.25, -0.2) is 9.97 Å². The van der Waals surface area contributed by atoms with E-state index in [1.54, 1.807) is 7.11 Å². The minimum Gasteiger partial charge on any atom is -0.497 e. The minimum atomic E-state index is -0.209. The monoisotopic (exact) mass is 424 g/mol. The molecule has 2 aliphatic rings. The quantitative estimate of drug-likeness (QED) is 0.734. The largest absolute Gasteiger partial charge is 0.497 e. The van der Waals surface area contributed by atoms with E-state index in [-0.39, 0.29) is 12.0 Å². The van der Waals surface area contributed by atoms with Crippen LogP contribution in [0.15, 0.2) is 30.3 Å². The van der Waals surface area contributed by atoms with Crippen molar-refractivity contribution < 1.29 is 14.3 Å². The molecule has 166 valence electrons. The summed E-state index contributed by atoms with van der Waals surface area (Å²) >= 11 is 0. The van der Waals surface area contributed by atoms with Gasteiger partial charge in [-0.15, -0.1) is 0 Å². The summed E-state index contributed by atoms with van der Waals surface area (Å²) < 4.78 is 10.9. The van der Waals surface area contributed by atoms with E-state index in [1.165, 1.54) is 0 Å². The Morgan fingerprint density at radius 3 is 2.81 bits per heavy atom. The number of ether oxygens (including phenoxy) is 2. The number of aryl methyl sites for hydroxylation is 1. The van der Waals surface area contributed by atoms with E-state index in [0.717, 1.165) is 73.8 Å². The number of likely N-dealkylation sites (tertiary alicyclic amines) is 1. The van der Waals surface area contributed by atoms with Gasteiger partial charge in [-0.2, -0.15) is 0 Å². The lowest BCUT2D eigenvalue weighted by molar-refractivity contribution is -0.142. The first kappa shape index (κ1) is 21.6. The van der Waals surface area contributed by atoms with Crippen LogP contribution in [0, 0.1) is 12.8 Å².